The average molecular weight is 270 g/mol. The van der Waals surface area contributed by atoms with Gasteiger partial charge in [0.1, 0.15) is 5.75 Å². The van der Waals surface area contributed by atoms with Gasteiger partial charge in [-0.05, 0) is 13.0 Å². The number of hydrogen-bond donors (Lipinski definition) is 0. The molecule has 0 fully saturated rings. The zero-order valence-corrected chi connectivity index (χ0v) is 11.9. The minimum atomic E-state index is -0.157. The second kappa shape index (κ2) is 7.27. The van der Waals surface area contributed by atoms with Crippen molar-refractivity contribution in [2.75, 3.05) is 19.5 Å². The summed E-state index contributed by atoms with van der Waals surface area (Å²) in [6.07, 6.45) is 0. The van der Waals surface area contributed by atoms with Crippen LogP contribution in [0, 0.1) is 5.92 Å². The number of carbonyl (C=O) groups is 1. The van der Waals surface area contributed by atoms with Crippen LogP contribution in [0.15, 0.2) is 24.3 Å². The molecule has 0 saturated heterocycles. The lowest BCUT2D eigenvalue weighted by Gasteiger charge is -2.21. The third-order valence-corrected chi connectivity index (χ3v) is 3.17. The van der Waals surface area contributed by atoms with E-state index in [9.17, 15) is 4.79 Å². The molecule has 4 heteroatoms. The summed E-state index contributed by atoms with van der Waals surface area (Å²) in [4.78, 5) is 13.6. The third-order valence-electron chi connectivity index (χ3n) is 2.71. The Hall–Kier alpha value is -1.22. The Morgan fingerprint density at radius 1 is 1.44 bits per heavy atom. The van der Waals surface area contributed by atoms with E-state index >= 15 is 0 Å². The lowest BCUT2D eigenvalue weighted by Crippen LogP contribution is -2.32. The highest BCUT2D eigenvalue weighted by atomic mass is 35.5. The molecule has 0 N–H and O–H groups in total. The number of rotatable bonds is 6. The number of para-hydroxylation sites is 1. The lowest BCUT2D eigenvalue weighted by atomic mass is 10.1. The lowest BCUT2D eigenvalue weighted by molar-refractivity contribution is -0.133. The Morgan fingerprint density at radius 3 is 2.72 bits per heavy atom. The predicted octanol–water partition coefficient (Wildman–Crippen LogP) is 2.92. The molecule has 1 aromatic rings. The molecule has 1 aromatic carbocycles. The fourth-order valence-corrected chi connectivity index (χ4v) is 1.84. The predicted molar refractivity (Wildman–Crippen MR) is 74.0 cm³/mol. The zero-order valence-electron chi connectivity index (χ0n) is 11.1. The van der Waals surface area contributed by atoms with Gasteiger partial charge in [-0.3, -0.25) is 4.79 Å². The molecule has 0 aliphatic heterocycles. The largest absolute Gasteiger partial charge is 0.494 e. The molecule has 0 radical (unpaired) electrons. The highest BCUT2D eigenvalue weighted by molar-refractivity contribution is 6.19. The molecule has 0 aliphatic rings. The first-order chi connectivity index (χ1) is 8.60. The van der Waals surface area contributed by atoms with Crippen LogP contribution in [0.2, 0.25) is 0 Å². The monoisotopic (exact) mass is 269 g/mol. The maximum atomic E-state index is 11.9. The number of nitrogens with zero attached hydrogens (tertiary/aromatic N) is 1. The molecule has 0 spiro atoms. The highest BCUT2D eigenvalue weighted by Crippen LogP contribution is 2.20. The van der Waals surface area contributed by atoms with E-state index in [1.165, 1.54) is 0 Å². The van der Waals surface area contributed by atoms with Crippen LogP contribution in [0.25, 0.3) is 0 Å². The van der Waals surface area contributed by atoms with E-state index in [0.717, 1.165) is 11.3 Å². The van der Waals surface area contributed by atoms with Gasteiger partial charge in [0.25, 0.3) is 0 Å². The molecule has 1 amide bonds. The Morgan fingerprint density at radius 2 is 2.11 bits per heavy atom. The Labute approximate surface area is 114 Å². The summed E-state index contributed by atoms with van der Waals surface area (Å²) in [7, 11) is 1.79. The first-order valence-electron chi connectivity index (χ1n) is 6.11. The third kappa shape index (κ3) is 3.91. The Balaban J connectivity index is 2.75. The standard InChI is InChI=1S/C14H20ClNO2/c1-4-18-13-8-6-5-7-12(13)10-16(3)14(17)11(2)9-15/h5-8,11H,4,9-10H2,1-3H3. The van der Waals surface area contributed by atoms with Crippen molar-refractivity contribution in [3.63, 3.8) is 0 Å². The van der Waals surface area contributed by atoms with Gasteiger partial charge in [0.2, 0.25) is 5.91 Å². The molecule has 18 heavy (non-hydrogen) atoms. The number of hydrogen-bond acceptors (Lipinski definition) is 2. The van der Waals surface area contributed by atoms with Crippen molar-refractivity contribution in [1.82, 2.24) is 4.90 Å². The van der Waals surface area contributed by atoms with E-state index in [-0.39, 0.29) is 11.8 Å². The van der Waals surface area contributed by atoms with E-state index < -0.39 is 0 Å². The van der Waals surface area contributed by atoms with Crippen LogP contribution in [0.5, 0.6) is 5.75 Å². The molecule has 0 saturated carbocycles. The molecule has 0 heterocycles. The summed E-state index contributed by atoms with van der Waals surface area (Å²) in [5.41, 5.74) is 1.01. The van der Waals surface area contributed by atoms with Crippen LogP contribution in [-0.4, -0.2) is 30.3 Å². The minimum Gasteiger partial charge on any atom is -0.494 e. The van der Waals surface area contributed by atoms with E-state index in [0.29, 0.717) is 19.0 Å². The van der Waals surface area contributed by atoms with Gasteiger partial charge < -0.3 is 9.64 Å². The SMILES string of the molecule is CCOc1ccccc1CN(C)C(=O)C(C)CCl. The molecule has 3 nitrogen and oxygen atoms in total. The summed E-state index contributed by atoms with van der Waals surface area (Å²) in [5.74, 6) is 1.07. The highest BCUT2D eigenvalue weighted by Gasteiger charge is 2.17. The van der Waals surface area contributed by atoms with Gasteiger partial charge in [0.15, 0.2) is 0 Å². The quantitative estimate of drug-likeness (QED) is 0.743. The Bertz CT molecular complexity index is 395. The number of ether oxygens (including phenoxy) is 1. The topological polar surface area (TPSA) is 29.5 Å². The van der Waals surface area contributed by atoms with E-state index in [1.807, 2.05) is 38.1 Å². The van der Waals surface area contributed by atoms with E-state index in [4.69, 9.17) is 16.3 Å². The van der Waals surface area contributed by atoms with Crippen molar-refractivity contribution < 1.29 is 9.53 Å². The van der Waals surface area contributed by atoms with Crippen molar-refractivity contribution >= 4 is 17.5 Å². The first kappa shape index (κ1) is 14.8. The van der Waals surface area contributed by atoms with Gasteiger partial charge >= 0.3 is 0 Å². The van der Waals surface area contributed by atoms with Crippen molar-refractivity contribution in [3.05, 3.63) is 29.8 Å². The normalized spacial score (nSPS) is 12.0. The van der Waals surface area contributed by atoms with Gasteiger partial charge in [-0.1, -0.05) is 25.1 Å². The molecular formula is C14H20ClNO2. The molecule has 1 atom stereocenters. The van der Waals surface area contributed by atoms with Gasteiger partial charge in [0, 0.05) is 31.0 Å². The van der Waals surface area contributed by atoms with Crippen molar-refractivity contribution in [3.8, 4) is 5.75 Å². The van der Waals surface area contributed by atoms with Crippen LogP contribution < -0.4 is 4.74 Å². The Kier molecular flexibility index (Phi) is 5.99. The van der Waals surface area contributed by atoms with Crippen molar-refractivity contribution in [1.29, 1.82) is 0 Å². The summed E-state index contributed by atoms with van der Waals surface area (Å²) in [6.45, 7) is 4.94. The molecule has 0 aliphatic carbocycles. The number of benzene rings is 1. The van der Waals surface area contributed by atoms with Gasteiger partial charge in [-0.25, -0.2) is 0 Å². The minimum absolute atomic E-state index is 0.0521. The molecular weight excluding hydrogens is 250 g/mol. The van der Waals surface area contributed by atoms with Crippen LogP contribution in [0.4, 0.5) is 0 Å². The number of carbonyl (C=O) groups excluding carboxylic acids is 1. The zero-order chi connectivity index (χ0) is 13.5. The van der Waals surface area contributed by atoms with E-state index in [1.54, 1.807) is 11.9 Å². The average Bonchev–Trinajstić information content (AvgIpc) is 2.39. The maximum absolute atomic E-state index is 11.9. The van der Waals surface area contributed by atoms with Crippen LogP contribution >= 0.6 is 11.6 Å². The van der Waals surface area contributed by atoms with Crippen molar-refractivity contribution in [2.24, 2.45) is 5.92 Å². The number of alkyl halides is 1. The second-order valence-corrected chi connectivity index (χ2v) is 4.60. The smallest absolute Gasteiger partial charge is 0.226 e. The van der Waals surface area contributed by atoms with Crippen LogP contribution in [0.1, 0.15) is 19.4 Å². The van der Waals surface area contributed by atoms with Crippen LogP contribution in [0.3, 0.4) is 0 Å². The summed E-state index contributed by atoms with van der Waals surface area (Å²) >= 11 is 5.70. The molecule has 0 aromatic heterocycles. The first-order valence-corrected chi connectivity index (χ1v) is 6.65. The summed E-state index contributed by atoms with van der Waals surface area (Å²) < 4.78 is 5.54. The van der Waals surface area contributed by atoms with Crippen molar-refractivity contribution in [2.45, 2.75) is 20.4 Å². The fourth-order valence-electron chi connectivity index (χ4n) is 1.71. The number of amides is 1. The van der Waals surface area contributed by atoms with Gasteiger partial charge in [-0.2, -0.15) is 0 Å². The van der Waals surface area contributed by atoms with Gasteiger partial charge in [-0.15, -0.1) is 11.6 Å². The fraction of sp³-hybridized carbons (Fsp3) is 0.500. The second-order valence-electron chi connectivity index (χ2n) is 4.29. The van der Waals surface area contributed by atoms with E-state index in [2.05, 4.69) is 0 Å². The summed E-state index contributed by atoms with van der Waals surface area (Å²) in [5, 5.41) is 0. The molecule has 100 valence electrons. The maximum Gasteiger partial charge on any atom is 0.226 e. The molecule has 0 bridgehead atoms. The molecule has 1 rings (SSSR count). The van der Waals surface area contributed by atoms with Crippen LogP contribution in [-0.2, 0) is 11.3 Å². The number of halogens is 1. The van der Waals surface area contributed by atoms with Gasteiger partial charge in [0.05, 0.1) is 6.61 Å². The molecule has 1 unspecified atom stereocenters. The summed E-state index contributed by atoms with van der Waals surface area (Å²) in [6, 6.07) is 7.76.